The summed E-state index contributed by atoms with van der Waals surface area (Å²) in [7, 11) is 0. The monoisotopic (exact) mass is 293 g/mol. The fraction of sp³-hybridized carbons (Fsp3) is 0.412. The lowest BCUT2D eigenvalue weighted by Gasteiger charge is -2.15. The second-order valence-electron chi connectivity index (χ2n) is 6.69. The molecule has 112 valence electrons. The van der Waals surface area contributed by atoms with Crippen molar-refractivity contribution in [3.8, 4) is 0 Å². The van der Waals surface area contributed by atoms with E-state index in [-0.39, 0.29) is 0 Å². The molecule has 0 spiro atoms. The Morgan fingerprint density at radius 1 is 1.23 bits per heavy atom. The summed E-state index contributed by atoms with van der Waals surface area (Å²) in [6.45, 7) is 4.44. The Morgan fingerprint density at radius 3 is 2.86 bits per heavy atom. The number of pyridine rings is 1. The molecule has 0 bridgehead atoms. The van der Waals surface area contributed by atoms with Crippen LogP contribution in [-0.4, -0.2) is 27.6 Å². The van der Waals surface area contributed by atoms with Gasteiger partial charge in [-0.2, -0.15) is 0 Å². The fourth-order valence-corrected chi connectivity index (χ4v) is 3.70. The standard InChI is InChI=1S/C17H19N5/c1-10-8-21(9-11-6-7-11)17-20-14-15(22(10)17)12-4-2-3-5-13(12)19-16(14)18/h2-5,10-11H,6-9H2,1H3,(H2,18,19). The van der Waals surface area contributed by atoms with Gasteiger partial charge in [0, 0.05) is 18.5 Å². The summed E-state index contributed by atoms with van der Waals surface area (Å²) in [6.07, 6.45) is 2.72. The highest BCUT2D eigenvalue weighted by atomic mass is 15.4. The first kappa shape index (κ1) is 12.3. The minimum Gasteiger partial charge on any atom is -0.382 e. The van der Waals surface area contributed by atoms with Gasteiger partial charge in [0.25, 0.3) is 0 Å². The molecular formula is C17H19N5. The number of benzene rings is 1. The molecule has 0 saturated heterocycles. The van der Waals surface area contributed by atoms with Crippen molar-refractivity contribution in [2.24, 2.45) is 5.92 Å². The zero-order valence-corrected chi connectivity index (χ0v) is 12.7. The van der Waals surface area contributed by atoms with Gasteiger partial charge in [-0.1, -0.05) is 18.2 Å². The van der Waals surface area contributed by atoms with E-state index in [0.29, 0.717) is 11.9 Å². The van der Waals surface area contributed by atoms with Crippen LogP contribution in [0.1, 0.15) is 25.8 Å². The molecule has 1 aliphatic heterocycles. The lowest BCUT2D eigenvalue weighted by Crippen LogP contribution is -2.24. The maximum Gasteiger partial charge on any atom is 0.207 e. The number of aromatic nitrogens is 3. The Bertz CT molecular complexity index is 893. The molecule has 1 saturated carbocycles. The van der Waals surface area contributed by atoms with Crippen LogP contribution in [0.25, 0.3) is 21.9 Å². The number of rotatable bonds is 2. The van der Waals surface area contributed by atoms with Gasteiger partial charge in [0.05, 0.1) is 17.1 Å². The zero-order valence-electron chi connectivity index (χ0n) is 12.7. The molecule has 1 unspecified atom stereocenters. The normalized spacial score (nSPS) is 21.0. The molecule has 1 aliphatic carbocycles. The molecule has 0 amide bonds. The van der Waals surface area contributed by atoms with Crippen LogP contribution in [0.2, 0.25) is 0 Å². The molecule has 22 heavy (non-hydrogen) atoms. The van der Waals surface area contributed by atoms with Crippen molar-refractivity contribution in [3.63, 3.8) is 0 Å². The fourth-order valence-electron chi connectivity index (χ4n) is 3.70. The van der Waals surface area contributed by atoms with Crippen LogP contribution >= 0.6 is 0 Å². The predicted molar refractivity (Wildman–Crippen MR) is 89.1 cm³/mol. The SMILES string of the molecule is CC1CN(CC2CC2)c2nc3c(N)nc4ccccc4c3n21. The van der Waals surface area contributed by atoms with Gasteiger partial charge in [-0.25, -0.2) is 9.97 Å². The van der Waals surface area contributed by atoms with Crippen LogP contribution < -0.4 is 10.6 Å². The van der Waals surface area contributed by atoms with Crippen LogP contribution in [0.4, 0.5) is 11.8 Å². The Kier molecular flexibility index (Phi) is 2.30. The summed E-state index contributed by atoms with van der Waals surface area (Å²) < 4.78 is 2.36. The average molecular weight is 293 g/mol. The first-order valence-corrected chi connectivity index (χ1v) is 8.03. The molecule has 3 heterocycles. The number of imidazole rings is 1. The molecule has 1 aromatic carbocycles. The molecule has 1 fully saturated rings. The molecule has 2 N–H and O–H groups in total. The number of hydrogen-bond donors (Lipinski definition) is 1. The first-order chi connectivity index (χ1) is 10.7. The Morgan fingerprint density at radius 2 is 2.05 bits per heavy atom. The van der Waals surface area contributed by atoms with E-state index in [0.717, 1.165) is 46.9 Å². The number of nitrogens with zero attached hydrogens (tertiary/aromatic N) is 4. The van der Waals surface area contributed by atoms with E-state index in [1.54, 1.807) is 0 Å². The van der Waals surface area contributed by atoms with Gasteiger partial charge in [-0.15, -0.1) is 0 Å². The van der Waals surface area contributed by atoms with E-state index < -0.39 is 0 Å². The highest BCUT2D eigenvalue weighted by Crippen LogP contribution is 2.40. The predicted octanol–water partition coefficient (Wildman–Crippen LogP) is 2.96. The van der Waals surface area contributed by atoms with Crippen molar-refractivity contribution in [2.75, 3.05) is 23.7 Å². The summed E-state index contributed by atoms with van der Waals surface area (Å²) in [5, 5.41) is 1.14. The van der Waals surface area contributed by atoms with Gasteiger partial charge >= 0.3 is 0 Å². The van der Waals surface area contributed by atoms with E-state index in [9.17, 15) is 0 Å². The molecule has 5 heteroatoms. The number of para-hydroxylation sites is 1. The van der Waals surface area contributed by atoms with Crippen LogP contribution in [0.3, 0.4) is 0 Å². The molecule has 5 rings (SSSR count). The second-order valence-corrected chi connectivity index (χ2v) is 6.69. The molecule has 3 aromatic rings. The zero-order chi connectivity index (χ0) is 14.8. The van der Waals surface area contributed by atoms with Crippen molar-refractivity contribution in [2.45, 2.75) is 25.8 Å². The second kappa shape index (κ2) is 4.12. The summed E-state index contributed by atoms with van der Waals surface area (Å²) in [4.78, 5) is 11.8. The third-order valence-electron chi connectivity index (χ3n) is 4.92. The van der Waals surface area contributed by atoms with Gasteiger partial charge in [0.1, 0.15) is 5.52 Å². The van der Waals surface area contributed by atoms with Gasteiger partial charge in [0.15, 0.2) is 5.82 Å². The average Bonchev–Trinajstić information content (AvgIpc) is 3.14. The van der Waals surface area contributed by atoms with Crippen molar-refractivity contribution in [1.29, 1.82) is 0 Å². The summed E-state index contributed by atoms with van der Waals surface area (Å²) in [5.74, 6) is 2.46. The third kappa shape index (κ3) is 1.59. The molecule has 2 aliphatic rings. The number of anilines is 2. The van der Waals surface area contributed by atoms with Gasteiger partial charge in [0.2, 0.25) is 5.95 Å². The number of hydrogen-bond acceptors (Lipinski definition) is 4. The quantitative estimate of drug-likeness (QED) is 0.789. The van der Waals surface area contributed by atoms with E-state index in [1.807, 2.05) is 12.1 Å². The summed E-state index contributed by atoms with van der Waals surface area (Å²) in [5.41, 5.74) is 9.12. The Balaban J connectivity index is 1.81. The Hall–Kier alpha value is -2.30. The van der Waals surface area contributed by atoms with Crippen LogP contribution in [0, 0.1) is 5.92 Å². The lowest BCUT2D eigenvalue weighted by atomic mass is 10.1. The smallest absolute Gasteiger partial charge is 0.207 e. The van der Waals surface area contributed by atoms with E-state index in [4.69, 9.17) is 10.7 Å². The number of nitrogen functional groups attached to an aromatic ring is 1. The molecule has 0 radical (unpaired) electrons. The number of fused-ring (bicyclic) bond motifs is 5. The minimum absolute atomic E-state index is 0.420. The molecule has 5 nitrogen and oxygen atoms in total. The van der Waals surface area contributed by atoms with E-state index in [2.05, 4.69) is 33.5 Å². The largest absolute Gasteiger partial charge is 0.382 e. The molecule has 2 aromatic heterocycles. The van der Waals surface area contributed by atoms with Gasteiger partial charge in [-0.3, -0.25) is 0 Å². The van der Waals surface area contributed by atoms with E-state index in [1.165, 1.54) is 12.8 Å². The maximum atomic E-state index is 6.18. The van der Waals surface area contributed by atoms with E-state index >= 15 is 0 Å². The van der Waals surface area contributed by atoms with Crippen LogP contribution in [-0.2, 0) is 0 Å². The van der Waals surface area contributed by atoms with Crippen molar-refractivity contribution < 1.29 is 0 Å². The Labute approximate surface area is 128 Å². The van der Waals surface area contributed by atoms with Crippen molar-refractivity contribution >= 4 is 33.7 Å². The van der Waals surface area contributed by atoms with Gasteiger partial charge < -0.3 is 15.2 Å². The maximum absolute atomic E-state index is 6.18. The highest BCUT2D eigenvalue weighted by Gasteiger charge is 2.34. The topological polar surface area (TPSA) is 60.0 Å². The summed E-state index contributed by atoms with van der Waals surface area (Å²) >= 11 is 0. The summed E-state index contributed by atoms with van der Waals surface area (Å²) in [6, 6.07) is 8.62. The first-order valence-electron chi connectivity index (χ1n) is 8.03. The van der Waals surface area contributed by atoms with Crippen molar-refractivity contribution in [3.05, 3.63) is 24.3 Å². The van der Waals surface area contributed by atoms with Gasteiger partial charge in [-0.05, 0) is 31.7 Å². The van der Waals surface area contributed by atoms with Crippen LogP contribution in [0.15, 0.2) is 24.3 Å². The number of nitrogens with two attached hydrogens (primary N) is 1. The van der Waals surface area contributed by atoms with Crippen LogP contribution in [0.5, 0.6) is 0 Å². The minimum atomic E-state index is 0.420. The third-order valence-corrected chi connectivity index (χ3v) is 4.92. The highest BCUT2D eigenvalue weighted by molar-refractivity contribution is 6.07. The lowest BCUT2D eigenvalue weighted by molar-refractivity contribution is 0.620. The molecule has 1 atom stereocenters. The van der Waals surface area contributed by atoms with Crippen molar-refractivity contribution in [1.82, 2.24) is 14.5 Å². The molecular weight excluding hydrogens is 274 g/mol.